The molecule has 0 saturated carbocycles. The largest absolute Gasteiger partial charge is 0.378 e. The molecule has 0 radical (unpaired) electrons. The van der Waals surface area contributed by atoms with E-state index in [2.05, 4.69) is 11.4 Å². The van der Waals surface area contributed by atoms with E-state index in [1.54, 1.807) is 0 Å². The topological polar surface area (TPSA) is 45.0 Å². The van der Waals surface area contributed by atoms with E-state index in [4.69, 9.17) is 4.74 Å². The third-order valence-electron chi connectivity index (χ3n) is 2.61. The molecule has 2 rings (SSSR count). The maximum Gasteiger partial charge on any atom is 0.149 e. The molecule has 0 bridgehead atoms. The van der Waals surface area contributed by atoms with E-state index in [0.717, 1.165) is 25.1 Å². The third-order valence-corrected chi connectivity index (χ3v) is 2.61. The Kier molecular flexibility index (Phi) is 2.89. The van der Waals surface area contributed by atoms with Crippen molar-refractivity contribution < 1.29 is 4.74 Å². The van der Waals surface area contributed by atoms with Gasteiger partial charge in [0.2, 0.25) is 0 Å². The van der Waals surface area contributed by atoms with Gasteiger partial charge in [-0.1, -0.05) is 18.2 Å². The highest BCUT2D eigenvalue weighted by Gasteiger charge is 2.32. The summed E-state index contributed by atoms with van der Waals surface area (Å²) in [5.41, 5.74) is 0.434. The molecule has 1 aliphatic rings. The fourth-order valence-corrected chi connectivity index (χ4v) is 1.81. The third kappa shape index (κ3) is 2.28. The first-order valence-electron chi connectivity index (χ1n) is 5.17. The number of hydrogen-bond donors (Lipinski definition) is 1. The lowest BCUT2D eigenvalue weighted by Gasteiger charge is -2.32. The first-order chi connectivity index (χ1) is 7.35. The number of para-hydroxylation sites is 1. The molecule has 1 unspecified atom stereocenters. The maximum atomic E-state index is 9.21. The van der Waals surface area contributed by atoms with E-state index < -0.39 is 5.54 Å². The van der Waals surface area contributed by atoms with Crippen molar-refractivity contribution in [1.29, 1.82) is 5.26 Å². The Morgan fingerprint density at radius 3 is 2.73 bits per heavy atom. The smallest absolute Gasteiger partial charge is 0.149 e. The van der Waals surface area contributed by atoms with Gasteiger partial charge in [-0.05, 0) is 25.0 Å². The predicted octanol–water partition coefficient (Wildman–Crippen LogP) is 2.17. The first-order valence-corrected chi connectivity index (χ1v) is 5.17. The van der Waals surface area contributed by atoms with E-state index in [1.807, 2.05) is 30.3 Å². The molecule has 3 nitrogen and oxygen atoms in total. The molecule has 1 N–H and O–H groups in total. The lowest BCUT2D eigenvalue weighted by Crippen LogP contribution is -2.44. The van der Waals surface area contributed by atoms with Crippen LogP contribution in [0.5, 0.6) is 0 Å². The van der Waals surface area contributed by atoms with Crippen LogP contribution in [-0.4, -0.2) is 18.8 Å². The van der Waals surface area contributed by atoms with Gasteiger partial charge in [0.15, 0.2) is 0 Å². The van der Waals surface area contributed by atoms with Crippen LogP contribution in [0.25, 0.3) is 0 Å². The normalized spacial score (nSPS) is 25.5. The summed E-state index contributed by atoms with van der Waals surface area (Å²) in [6, 6.07) is 12.1. The van der Waals surface area contributed by atoms with E-state index in [9.17, 15) is 5.26 Å². The molecule has 15 heavy (non-hydrogen) atoms. The summed E-state index contributed by atoms with van der Waals surface area (Å²) >= 11 is 0. The van der Waals surface area contributed by atoms with Gasteiger partial charge in [0.25, 0.3) is 0 Å². The standard InChI is InChI=1S/C12H14N2O/c13-9-12(7-4-8-15-10-12)14-11-5-2-1-3-6-11/h1-3,5-6,14H,4,7-8,10H2. The number of ether oxygens (including phenoxy) is 1. The van der Waals surface area contributed by atoms with Crippen LogP contribution in [0.4, 0.5) is 5.69 Å². The van der Waals surface area contributed by atoms with Gasteiger partial charge in [-0.15, -0.1) is 0 Å². The quantitative estimate of drug-likeness (QED) is 0.799. The molecule has 1 aromatic rings. The van der Waals surface area contributed by atoms with Crippen molar-refractivity contribution in [3.63, 3.8) is 0 Å². The molecule has 0 spiro atoms. The molecule has 78 valence electrons. The average Bonchev–Trinajstić information content (AvgIpc) is 2.32. The van der Waals surface area contributed by atoms with E-state index in [0.29, 0.717) is 6.61 Å². The minimum atomic E-state index is -0.542. The second-order valence-corrected chi connectivity index (χ2v) is 3.84. The highest BCUT2D eigenvalue weighted by atomic mass is 16.5. The van der Waals surface area contributed by atoms with Crippen molar-refractivity contribution in [1.82, 2.24) is 0 Å². The molecule has 1 atom stereocenters. The number of nitrogens with zero attached hydrogens (tertiary/aromatic N) is 1. The number of hydrogen-bond acceptors (Lipinski definition) is 3. The molecule has 0 amide bonds. The fraction of sp³-hybridized carbons (Fsp3) is 0.417. The van der Waals surface area contributed by atoms with Crippen LogP contribution >= 0.6 is 0 Å². The molecule has 0 aliphatic carbocycles. The molecule has 0 aromatic heterocycles. The number of anilines is 1. The molecular formula is C12H14N2O. The summed E-state index contributed by atoms with van der Waals surface area (Å²) in [6.07, 6.45) is 1.78. The van der Waals surface area contributed by atoms with Crippen molar-refractivity contribution in [2.75, 3.05) is 18.5 Å². The lowest BCUT2D eigenvalue weighted by atomic mass is 9.94. The second kappa shape index (κ2) is 4.33. The molecule has 1 saturated heterocycles. The van der Waals surface area contributed by atoms with Gasteiger partial charge in [0.1, 0.15) is 5.54 Å². The summed E-state index contributed by atoms with van der Waals surface area (Å²) in [5.74, 6) is 0. The van der Waals surface area contributed by atoms with Crippen LogP contribution in [-0.2, 0) is 4.74 Å². The summed E-state index contributed by atoms with van der Waals surface area (Å²) < 4.78 is 5.36. The minimum Gasteiger partial charge on any atom is -0.378 e. The van der Waals surface area contributed by atoms with Crippen LogP contribution in [0.15, 0.2) is 30.3 Å². The number of benzene rings is 1. The number of nitriles is 1. The van der Waals surface area contributed by atoms with Crippen LogP contribution in [0.3, 0.4) is 0 Å². The van der Waals surface area contributed by atoms with Crippen molar-refractivity contribution in [2.45, 2.75) is 18.4 Å². The van der Waals surface area contributed by atoms with Gasteiger partial charge >= 0.3 is 0 Å². The van der Waals surface area contributed by atoms with Gasteiger partial charge in [-0.2, -0.15) is 5.26 Å². The van der Waals surface area contributed by atoms with Crippen molar-refractivity contribution in [3.8, 4) is 6.07 Å². The SMILES string of the molecule is N#CC1(Nc2ccccc2)CCCOC1. The minimum absolute atomic E-state index is 0.471. The second-order valence-electron chi connectivity index (χ2n) is 3.84. The lowest BCUT2D eigenvalue weighted by molar-refractivity contribution is 0.0667. The highest BCUT2D eigenvalue weighted by Crippen LogP contribution is 2.23. The van der Waals surface area contributed by atoms with E-state index in [-0.39, 0.29) is 0 Å². The highest BCUT2D eigenvalue weighted by molar-refractivity contribution is 5.47. The Morgan fingerprint density at radius 1 is 1.33 bits per heavy atom. The summed E-state index contributed by atoms with van der Waals surface area (Å²) in [6.45, 7) is 1.23. The Bertz CT molecular complexity index is 350. The maximum absolute atomic E-state index is 9.21. The van der Waals surface area contributed by atoms with E-state index >= 15 is 0 Å². The van der Waals surface area contributed by atoms with Gasteiger partial charge in [0.05, 0.1) is 12.7 Å². The van der Waals surface area contributed by atoms with Crippen molar-refractivity contribution in [2.24, 2.45) is 0 Å². The molecular weight excluding hydrogens is 188 g/mol. The molecule has 3 heteroatoms. The fourth-order valence-electron chi connectivity index (χ4n) is 1.81. The van der Waals surface area contributed by atoms with Crippen LogP contribution in [0.2, 0.25) is 0 Å². The summed E-state index contributed by atoms with van der Waals surface area (Å²) in [7, 11) is 0. The molecule has 1 aromatic carbocycles. The molecule has 1 heterocycles. The summed E-state index contributed by atoms with van der Waals surface area (Å²) in [4.78, 5) is 0. The predicted molar refractivity (Wildman–Crippen MR) is 58.5 cm³/mol. The van der Waals surface area contributed by atoms with Gasteiger partial charge in [-0.3, -0.25) is 0 Å². The number of rotatable bonds is 2. The molecule has 1 fully saturated rings. The molecule has 1 aliphatic heterocycles. The zero-order valence-corrected chi connectivity index (χ0v) is 8.57. The van der Waals surface area contributed by atoms with Crippen molar-refractivity contribution >= 4 is 5.69 Å². The Hall–Kier alpha value is -1.53. The van der Waals surface area contributed by atoms with Crippen LogP contribution < -0.4 is 5.32 Å². The van der Waals surface area contributed by atoms with E-state index in [1.165, 1.54) is 0 Å². The Labute approximate surface area is 89.7 Å². The van der Waals surface area contributed by atoms with Gasteiger partial charge in [-0.25, -0.2) is 0 Å². The summed E-state index contributed by atoms with van der Waals surface area (Å²) in [5, 5.41) is 12.5. The average molecular weight is 202 g/mol. The monoisotopic (exact) mass is 202 g/mol. The zero-order chi connectivity index (χ0) is 10.6. The Balaban J connectivity index is 2.12. The zero-order valence-electron chi connectivity index (χ0n) is 8.57. The van der Waals surface area contributed by atoms with Crippen LogP contribution in [0, 0.1) is 11.3 Å². The van der Waals surface area contributed by atoms with Gasteiger partial charge in [0, 0.05) is 12.3 Å². The Morgan fingerprint density at radius 2 is 2.13 bits per heavy atom. The van der Waals surface area contributed by atoms with Crippen LogP contribution in [0.1, 0.15) is 12.8 Å². The first kappa shape index (κ1) is 10.0. The van der Waals surface area contributed by atoms with Crippen molar-refractivity contribution in [3.05, 3.63) is 30.3 Å². The number of nitrogens with one attached hydrogen (secondary N) is 1. The van der Waals surface area contributed by atoms with Gasteiger partial charge < -0.3 is 10.1 Å².